The van der Waals surface area contributed by atoms with E-state index in [1.807, 2.05) is 6.92 Å². The van der Waals surface area contributed by atoms with Gasteiger partial charge in [0.1, 0.15) is 0 Å². The molecule has 1 N–H and O–H groups in total. The Labute approximate surface area is 167 Å². The van der Waals surface area contributed by atoms with Crippen molar-refractivity contribution in [3.05, 3.63) is 0 Å². The largest absolute Gasteiger partial charge is 0.469 e. The van der Waals surface area contributed by atoms with Crippen molar-refractivity contribution in [2.24, 2.45) is 22.7 Å². The van der Waals surface area contributed by atoms with Crippen LogP contribution in [0.25, 0.3) is 0 Å². The predicted octanol–water partition coefficient (Wildman–Crippen LogP) is 0.202. The number of nitrogens with zero attached hydrogens (tertiary/aromatic N) is 3. The number of ether oxygens (including phenoxy) is 1. The number of guanidine groups is 1. The standard InChI is InChI=1S/C15H28N4O4S.HI/c1-11-8-18(10-13(11)14(20)23-3)15(16-2)17-7-12-5-6-19(9-12)24(4,21)22;/h11-13H,5-10H2,1-4H3,(H,16,17);1H. The molecule has 2 aliphatic heterocycles. The molecule has 0 saturated carbocycles. The number of esters is 1. The van der Waals surface area contributed by atoms with Gasteiger partial charge in [0.25, 0.3) is 0 Å². The quantitative estimate of drug-likeness (QED) is 0.263. The summed E-state index contributed by atoms with van der Waals surface area (Å²) in [6.45, 7) is 5.18. The van der Waals surface area contributed by atoms with E-state index in [2.05, 4.69) is 15.2 Å². The average Bonchev–Trinajstić information content (AvgIpc) is 3.14. The minimum Gasteiger partial charge on any atom is -0.469 e. The molecule has 0 aromatic heterocycles. The molecule has 2 aliphatic rings. The first kappa shape index (κ1) is 22.4. The van der Waals surface area contributed by atoms with Crippen molar-refractivity contribution < 1.29 is 17.9 Å². The molecule has 0 aliphatic carbocycles. The summed E-state index contributed by atoms with van der Waals surface area (Å²) in [6, 6.07) is 0. The molecule has 0 amide bonds. The number of halogens is 1. The molecular formula is C15H29IN4O4S. The van der Waals surface area contributed by atoms with Crippen molar-refractivity contribution in [3.63, 3.8) is 0 Å². The van der Waals surface area contributed by atoms with Crippen LogP contribution in [0.5, 0.6) is 0 Å². The van der Waals surface area contributed by atoms with Gasteiger partial charge in [0.05, 0.1) is 19.3 Å². The second-order valence-corrected chi connectivity index (χ2v) is 8.70. The van der Waals surface area contributed by atoms with Gasteiger partial charge in [-0.2, -0.15) is 0 Å². The third kappa shape index (κ3) is 5.68. The number of aliphatic imine (C=N–C) groups is 1. The van der Waals surface area contributed by atoms with E-state index in [0.29, 0.717) is 26.2 Å². The molecule has 3 atom stereocenters. The first-order valence-corrected chi connectivity index (χ1v) is 10.1. The van der Waals surface area contributed by atoms with Crippen LogP contribution in [0.3, 0.4) is 0 Å². The van der Waals surface area contributed by atoms with Crippen molar-refractivity contribution in [1.82, 2.24) is 14.5 Å². The summed E-state index contributed by atoms with van der Waals surface area (Å²) in [6.07, 6.45) is 2.10. The molecule has 10 heteroatoms. The van der Waals surface area contributed by atoms with Crippen molar-refractivity contribution in [2.75, 3.05) is 53.1 Å². The minimum absolute atomic E-state index is 0. The number of methoxy groups -OCH3 is 1. The summed E-state index contributed by atoms with van der Waals surface area (Å²) in [5, 5.41) is 3.33. The first-order chi connectivity index (χ1) is 11.3. The topological polar surface area (TPSA) is 91.3 Å². The number of carbonyl (C=O) groups is 1. The Morgan fingerprint density at radius 1 is 1.32 bits per heavy atom. The third-order valence-corrected chi connectivity index (χ3v) is 6.16. The number of nitrogens with one attached hydrogen (secondary N) is 1. The molecule has 0 bridgehead atoms. The summed E-state index contributed by atoms with van der Waals surface area (Å²) >= 11 is 0. The number of rotatable bonds is 4. The van der Waals surface area contributed by atoms with Crippen molar-refractivity contribution in [3.8, 4) is 0 Å². The summed E-state index contributed by atoms with van der Waals surface area (Å²) in [7, 11) is 0.0245. The molecule has 2 fully saturated rings. The summed E-state index contributed by atoms with van der Waals surface area (Å²) in [5.74, 6) is 0.919. The lowest BCUT2D eigenvalue weighted by molar-refractivity contribution is -0.145. The van der Waals surface area contributed by atoms with E-state index < -0.39 is 10.0 Å². The Balaban J connectivity index is 0.00000312. The Morgan fingerprint density at radius 3 is 2.52 bits per heavy atom. The van der Waals surface area contributed by atoms with E-state index >= 15 is 0 Å². The molecule has 0 aromatic rings. The third-order valence-electron chi connectivity index (χ3n) is 4.89. The summed E-state index contributed by atoms with van der Waals surface area (Å²) < 4.78 is 29.5. The molecule has 2 rings (SSSR count). The second kappa shape index (κ2) is 9.36. The fraction of sp³-hybridized carbons (Fsp3) is 0.867. The molecule has 0 spiro atoms. The zero-order chi connectivity index (χ0) is 17.9. The predicted molar refractivity (Wildman–Crippen MR) is 108 cm³/mol. The van der Waals surface area contributed by atoms with Gasteiger partial charge < -0.3 is 15.0 Å². The van der Waals surface area contributed by atoms with Gasteiger partial charge in [-0.05, 0) is 18.3 Å². The highest BCUT2D eigenvalue weighted by Crippen LogP contribution is 2.24. The van der Waals surface area contributed by atoms with Gasteiger partial charge in [0.15, 0.2) is 5.96 Å². The van der Waals surface area contributed by atoms with E-state index in [1.54, 1.807) is 7.05 Å². The fourth-order valence-corrected chi connectivity index (χ4v) is 4.35. The molecule has 25 heavy (non-hydrogen) atoms. The van der Waals surface area contributed by atoms with Crippen LogP contribution in [0, 0.1) is 17.8 Å². The Hall–Kier alpha value is -0.620. The van der Waals surface area contributed by atoms with Crippen LogP contribution in [0.1, 0.15) is 13.3 Å². The number of hydrogen-bond donors (Lipinski definition) is 1. The molecule has 0 aromatic carbocycles. The monoisotopic (exact) mass is 488 g/mol. The van der Waals surface area contributed by atoms with Gasteiger partial charge in [-0.25, -0.2) is 12.7 Å². The number of sulfonamides is 1. The Morgan fingerprint density at radius 2 is 2.00 bits per heavy atom. The lowest BCUT2D eigenvalue weighted by Gasteiger charge is -2.23. The van der Waals surface area contributed by atoms with Crippen molar-refractivity contribution in [1.29, 1.82) is 0 Å². The molecule has 2 saturated heterocycles. The zero-order valence-electron chi connectivity index (χ0n) is 15.3. The Kier molecular flexibility index (Phi) is 8.39. The number of likely N-dealkylation sites (tertiary alicyclic amines) is 1. The molecule has 146 valence electrons. The average molecular weight is 488 g/mol. The highest BCUT2D eigenvalue weighted by molar-refractivity contribution is 14.0. The lowest BCUT2D eigenvalue weighted by Crippen LogP contribution is -2.43. The second-order valence-electron chi connectivity index (χ2n) is 6.72. The van der Waals surface area contributed by atoms with Gasteiger partial charge in [0.2, 0.25) is 10.0 Å². The van der Waals surface area contributed by atoms with Gasteiger partial charge in [-0.3, -0.25) is 9.79 Å². The maximum absolute atomic E-state index is 11.8. The smallest absolute Gasteiger partial charge is 0.310 e. The van der Waals surface area contributed by atoms with Crippen LogP contribution in [0.15, 0.2) is 4.99 Å². The molecule has 3 unspecified atom stereocenters. The van der Waals surface area contributed by atoms with E-state index in [1.165, 1.54) is 17.7 Å². The maximum atomic E-state index is 11.8. The van der Waals surface area contributed by atoms with Crippen molar-refractivity contribution in [2.45, 2.75) is 13.3 Å². The van der Waals surface area contributed by atoms with Crippen LogP contribution in [0.4, 0.5) is 0 Å². The van der Waals surface area contributed by atoms with Gasteiger partial charge >= 0.3 is 5.97 Å². The van der Waals surface area contributed by atoms with Crippen LogP contribution < -0.4 is 5.32 Å². The van der Waals surface area contributed by atoms with Gasteiger partial charge in [0, 0.05) is 39.8 Å². The lowest BCUT2D eigenvalue weighted by atomic mass is 9.99. The van der Waals surface area contributed by atoms with Gasteiger partial charge in [-0.1, -0.05) is 6.92 Å². The summed E-state index contributed by atoms with van der Waals surface area (Å²) in [5.41, 5.74) is 0. The van der Waals surface area contributed by atoms with Crippen LogP contribution >= 0.6 is 24.0 Å². The molecule has 0 radical (unpaired) electrons. The van der Waals surface area contributed by atoms with Crippen molar-refractivity contribution >= 4 is 45.9 Å². The number of hydrogen-bond acceptors (Lipinski definition) is 5. The molecule has 8 nitrogen and oxygen atoms in total. The van der Waals surface area contributed by atoms with Crippen LogP contribution in [-0.2, 0) is 19.6 Å². The van der Waals surface area contributed by atoms with Gasteiger partial charge in [-0.15, -0.1) is 24.0 Å². The fourth-order valence-electron chi connectivity index (χ4n) is 3.43. The number of carbonyl (C=O) groups excluding carboxylic acids is 1. The van der Waals surface area contributed by atoms with Crippen LogP contribution in [0.2, 0.25) is 0 Å². The highest BCUT2D eigenvalue weighted by Gasteiger charge is 2.37. The SMILES string of the molecule is CN=C(NCC1CCN(S(C)(=O)=O)C1)N1CC(C)C(C(=O)OC)C1.I. The molecular weight excluding hydrogens is 459 g/mol. The highest BCUT2D eigenvalue weighted by atomic mass is 127. The van der Waals surface area contributed by atoms with E-state index in [-0.39, 0.29) is 47.7 Å². The molecule has 2 heterocycles. The first-order valence-electron chi connectivity index (χ1n) is 8.24. The van der Waals surface area contributed by atoms with E-state index in [4.69, 9.17) is 4.74 Å². The zero-order valence-corrected chi connectivity index (χ0v) is 18.4. The minimum atomic E-state index is -3.11. The van der Waals surface area contributed by atoms with E-state index in [9.17, 15) is 13.2 Å². The van der Waals surface area contributed by atoms with Crippen LogP contribution in [-0.4, -0.2) is 82.7 Å². The van der Waals surface area contributed by atoms with E-state index in [0.717, 1.165) is 18.9 Å². The Bertz CT molecular complexity index is 598. The summed E-state index contributed by atoms with van der Waals surface area (Å²) in [4.78, 5) is 18.2. The maximum Gasteiger partial charge on any atom is 0.310 e. The normalized spacial score (nSPS) is 27.9.